The van der Waals surface area contributed by atoms with E-state index in [2.05, 4.69) is 45.5 Å². The van der Waals surface area contributed by atoms with Gasteiger partial charge >= 0.3 is 0 Å². The Morgan fingerprint density at radius 3 is 2.74 bits per heavy atom. The van der Waals surface area contributed by atoms with Crippen LogP contribution in [0.3, 0.4) is 0 Å². The maximum Gasteiger partial charge on any atom is 0.123 e. The van der Waals surface area contributed by atoms with Crippen molar-refractivity contribution in [2.24, 2.45) is 5.92 Å². The van der Waals surface area contributed by atoms with Crippen LogP contribution >= 0.6 is 0 Å². The van der Waals surface area contributed by atoms with Crippen LogP contribution in [0.15, 0.2) is 67.0 Å². The molecule has 1 N–H and O–H groups in total. The van der Waals surface area contributed by atoms with Crippen molar-refractivity contribution in [1.82, 2.24) is 9.88 Å². The largest absolute Gasteiger partial charge is 0.384 e. The average Bonchev–Trinajstić information content (AvgIpc) is 3.12. The van der Waals surface area contributed by atoms with E-state index in [0.29, 0.717) is 12.0 Å². The molecule has 0 aliphatic carbocycles. The normalized spacial score (nSPS) is 21.4. The fraction of sp³-hybridized carbons (Fsp3) is 0.261. The summed E-state index contributed by atoms with van der Waals surface area (Å²) in [6, 6.07) is 17.9. The minimum Gasteiger partial charge on any atom is -0.384 e. The van der Waals surface area contributed by atoms with Gasteiger partial charge in [-0.2, -0.15) is 0 Å². The molecule has 2 atom stereocenters. The van der Waals surface area contributed by atoms with E-state index in [1.807, 2.05) is 18.5 Å². The zero-order valence-electron chi connectivity index (χ0n) is 15.1. The lowest BCUT2D eigenvalue weighted by atomic mass is 9.87. The van der Waals surface area contributed by atoms with Gasteiger partial charge in [0.1, 0.15) is 5.82 Å². The van der Waals surface area contributed by atoms with Crippen molar-refractivity contribution < 1.29 is 4.39 Å². The second-order valence-electron chi connectivity index (χ2n) is 7.51. The maximum atomic E-state index is 13.7. The fourth-order valence-corrected chi connectivity index (χ4v) is 4.55. The molecule has 1 aromatic heterocycles. The first kappa shape index (κ1) is 16.5. The number of rotatable bonds is 3. The molecule has 2 aliphatic heterocycles. The third-order valence-electron chi connectivity index (χ3n) is 5.84. The van der Waals surface area contributed by atoms with Gasteiger partial charge in [0.2, 0.25) is 0 Å². The summed E-state index contributed by atoms with van der Waals surface area (Å²) in [4.78, 5) is 6.71. The number of anilines is 1. The first-order chi connectivity index (χ1) is 13.3. The summed E-state index contributed by atoms with van der Waals surface area (Å²) in [5, 5.41) is 3.60. The van der Waals surface area contributed by atoms with Crippen molar-refractivity contribution in [2.75, 3.05) is 18.4 Å². The SMILES string of the molecule is Fc1cccc(-c2ccc3c(c2)C2C(CCN2Cc2ccncc2)CN3)c1. The van der Waals surface area contributed by atoms with Crippen LogP contribution in [-0.4, -0.2) is 23.0 Å². The Hall–Kier alpha value is -2.72. The third-order valence-corrected chi connectivity index (χ3v) is 5.84. The second kappa shape index (κ2) is 6.78. The molecule has 2 aliphatic rings. The summed E-state index contributed by atoms with van der Waals surface area (Å²) in [6.45, 7) is 3.06. The van der Waals surface area contributed by atoms with Gasteiger partial charge in [0.05, 0.1) is 0 Å². The van der Waals surface area contributed by atoms with Gasteiger partial charge in [0.25, 0.3) is 0 Å². The lowest BCUT2D eigenvalue weighted by molar-refractivity contribution is 0.220. The van der Waals surface area contributed by atoms with Crippen LogP contribution in [0, 0.1) is 11.7 Å². The Bertz CT molecular complexity index is 957. The molecule has 3 aromatic rings. The van der Waals surface area contributed by atoms with E-state index in [0.717, 1.165) is 30.8 Å². The minimum absolute atomic E-state index is 0.193. The Morgan fingerprint density at radius 1 is 1.04 bits per heavy atom. The molecule has 3 heterocycles. The van der Waals surface area contributed by atoms with Gasteiger partial charge in [-0.3, -0.25) is 9.88 Å². The molecule has 0 spiro atoms. The molecule has 5 rings (SSSR count). The van der Waals surface area contributed by atoms with E-state index in [1.165, 1.54) is 29.3 Å². The second-order valence-corrected chi connectivity index (χ2v) is 7.51. The fourth-order valence-electron chi connectivity index (χ4n) is 4.55. The smallest absolute Gasteiger partial charge is 0.123 e. The molecule has 2 aromatic carbocycles. The van der Waals surface area contributed by atoms with Gasteiger partial charge in [0.15, 0.2) is 0 Å². The summed E-state index contributed by atoms with van der Waals surface area (Å²) in [7, 11) is 0. The monoisotopic (exact) mass is 359 g/mol. The van der Waals surface area contributed by atoms with Crippen molar-refractivity contribution in [3.8, 4) is 11.1 Å². The first-order valence-corrected chi connectivity index (χ1v) is 9.55. The van der Waals surface area contributed by atoms with Gasteiger partial charge in [-0.1, -0.05) is 18.2 Å². The highest BCUT2D eigenvalue weighted by atomic mass is 19.1. The van der Waals surface area contributed by atoms with Crippen LogP contribution in [0.25, 0.3) is 11.1 Å². The van der Waals surface area contributed by atoms with Crippen molar-refractivity contribution in [1.29, 1.82) is 0 Å². The van der Waals surface area contributed by atoms with Gasteiger partial charge in [-0.15, -0.1) is 0 Å². The summed E-state index contributed by atoms with van der Waals surface area (Å²) >= 11 is 0. The number of hydrogen-bond acceptors (Lipinski definition) is 3. The Balaban J connectivity index is 1.51. The minimum atomic E-state index is -0.193. The number of hydrogen-bond donors (Lipinski definition) is 1. The number of likely N-dealkylation sites (tertiary alicyclic amines) is 1. The van der Waals surface area contributed by atoms with E-state index in [4.69, 9.17) is 0 Å². The van der Waals surface area contributed by atoms with E-state index in [1.54, 1.807) is 12.1 Å². The maximum absolute atomic E-state index is 13.7. The first-order valence-electron chi connectivity index (χ1n) is 9.55. The Kier molecular flexibility index (Phi) is 4.13. The van der Waals surface area contributed by atoms with Crippen molar-refractivity contribution in [3.05, 3.63) is 83.9 Å². The van der Waals surface area contributed by atoms with Crippen LogP contribution in [0.5, 0.6) is 0 Å². The van der Waals surface area contributed by atoms with E-state index in [-0.39, 0.29) is 5.82 Å². The molecule has 1 fully saturated rings. The predicted octanol–water partition coefficient (Wildman–Crippen LogP) is 4.88. The quantitative estimate of drug-likeness (QED) is 0.723. The lowest BCUT2D eigenvalue weighted by Crippen LogP contribution is -2.32. The molecule has 27 heavy (non-hydrogen) atoms. The number of halogens is 1. The van der Waals surface area contributed by atoms with E-state index < -0.39 is 0 Å². The highest BCUT2D eigenvalue weighted by Gasteiger charge is 2.38. The van der Waals surface area contributed by atoms with Crippen LogP contribution in [0.2, 0.25) is 0 Å². The number of pyridine rings is 1. The summed E-state index contributed by atoms with van der Waals surface area (Å²) in [6.07, 6.45) is 4.93. The molecule has 0 amide bonds. The van der Waals surface area contributed by atoms with Gasteiger partial charge < -0.3 is 5.32 Å². The zero-order valence-corrected chi connectivity index (χ0v) is 15.1. The van der Waals surface area contributed by atoms with Crippen LogP contribution in [0.4, 0.5) is 10.1 Å². The summed E-state index contributed by atoms with van der Waals surface area (Å²) in [5.41, 5.74) is 5.84. The van der Waals surface area contributed by atoms with E-state index in [9.17, 15) is 4.39 Å². The lowest BCUT2D eigenvalue weighted by Gasteiger charge is -2.35. The number of nitrogens with zero attached hydrogens (tertiary/aromatic N) is 2. The standard InChI is InChI=1S/C23H22FN3/c24-20-3-1-2-17(12-20)18-4-5-22-21(13-18)23-19(14-26-22)8-11-27(23)15-16-6-9-25-10-7-16/h1-7,9-10,12-13,19,23,26H,8,11,14-15H2. The van der Waals surface area contributed by atoms with Gasteiger partial charge in [0, 0.05) is 37.2 Å². The van der Waals surface area contributed by atoms with Crippen molar-refractivity contribution in [3.63, 3.8) is 0 Å². The average molecular weight is 359 g/mol. The van der Waals surface area contributed by atoms with Crippen LogP contribution < -0.4 is 5.32 Å². The highest BCUT2D eigenvalue weighted by molar-refractivity contribution is 5.70. The van der Waals surface area contributed by atoms with Crippen LogP contribution in [-0.2, 0) is 6.54 Å². The molecule has 1 saturated heterocycles. The third kappa shape index (κ3) is 3.10. The van der Waals surface area contributed by atoms with Crippen molar-refractivity contribution >= 4 is 5.69 Å². The zero-order chi connectivity index (χ0) is 18.2. The summed E-state index contributed by atoms with van der Waals surface area (Å²) in [5.74, 6) is 0.420. The number of fused-ring (bicyclic) bond motifs is 3. The molecule has 3 nitrogen and oxygen atoms in total. The van der Waals surface area contributed by atoms with Gasteiger partial charge in [-0.25, -0.2) is 4.39 Å². The van der Waals surface area contributed by atoms with E-state index >= 15 is 0 Å². The molecule has 0 bridgehead atoms. The Labute approximate surface area is 158 Å². The Morgan fingerprint density at radius 2 is 1.89 bits per heavy atom. The topological polar surface area (TPSA) is 28.2 Å². The number of benzene rings is 2. The molecular formula is C23H22FN3. The predicted molar refractivity (Wildman–Crippen MR) is 106 cm³/mol. The highest BCUT2D eigenvalue weighted by Crippen LogP contribution is 2.45. The molecule has 0 saturated carbocycles. The molecule has 2 unspecified atom stereocenters. The molecular weight excluding hydrogens is 337 g/mol. The van der Waals surface area contributed by atoms with Crippen molar-refractivity contribution in [2.45, 2.75) is 19.0 Å². The molecule has 0 radical (unpaired) electrons. The van der Waals surface area contributed by atoms with Crippen LogP contribution in [0.1, 0.15) is 23.6 Å². The number of aromatic nitrogens is 1. The van der Waals surface area contributed by atoms with Gasteiger partial charge in [-0.05, 0) is 77.5 Å². The molecule has 4 heteroatoms. The summed E-state index contributed by atoms with van der Waals surface area (Å²) < 4.78 is 13.7. The number of nitrogens with one attached hydrogen (secondary N) is 1. The molecule has 136 valence electrons.